The minimum absolute atomic E-state index is 0.0100. The highest BCUT2D eigenvalue weighted by atomic mass is 35.5. The first kappa shape index (κ1) is 22.4. The maximum Gasteiger partial charge on any atom is 0.124 e. The molecule has 1 N–H and O–H groups in total. The molecule has 0 bridgehead atoms. The normalized spacial score (nSPS) is 12.3. The lowest BCUT2D eigenvalue weighted by Crippen LogP contribution is -2.41. The van der Waals surface area contributed by atoms with Gasteiger partial charge in [0.1, 0.15) is 12.4 Å². The lowest BCUT2D eigenvalue weighted by atomic mass is 9.82. The number of benzene rings is 2. The molecule has 2 aromatic carbocycles. The Morgan fingerprint density at radius 2 is 1.56 bits per heavy atom. The second-order valence-electron chi connectivity index (χ2n) is 8.72. The van der Waals surface area contributed by atoms with Crippen LogP contribution in [0.3, 0.4) is 0 Å². The van der Waals surface area contributed by atoms with Crippen LogP contribution in [0.4, 0.5) is 0 Å². The van der Waals surface area contributed by atoms with E-state index in [-0.39, 0.29) is 11.0 Å². The Labute approximate surface area is 178 Å². The van der Waals surface area contributed by atoms with E-state index in [0.717, 1.165) is 23.3 Å². The fourth-order valence-corrected chi connectivity index (χ4v) is 4.07. The third-order valence-corrected chi connectivity index (χ3v) is 5.13. The molecule has 0 fully saturated rings. The van der Waals surface area contributed by atoms with Gasteiger partial charge >= 0.3 is 0 Å². The molecule has 0 aliphatic carbocycles. The van der Waals surface area contributed by atoms with E-state index in [1.807, 2.05) is 36.4 Å². The van der Waals surface area contributed by atoms with Crippen LogP contribution in [-0.2, 0) is 13.2 Å². The SMILES string of the molecule is CC(C)(C)CC(C)(C)NCc1cc(Cl)ccc1OCc1c(Cl)cccc1Cl. The summed E-state index contributed by atoms with van der Waals surface area (Å²) in [6, 6.07) is 11.1. The molecule has 0 radical (unpaired) electrons. The van der Waals surface area contributed by atoms with E-state index in [1.165, 1.54) is 0 Å². The van der Waals surface area contributed by atoms with Crippen molar-refractivity contribution in [2.75, 3.05) is 0 Å². The summed E-state index contributed by atoms with van der Waals surface area (Å²) >= 11 is 18.7. The zero-order chi connectivity index (χ0) is 20.2. The van der Waals surface area contributed by atoms with Gasteiger partial charge in [0, 0.05) is 38.3 Å². The fourth-order valence-electron chi connectivity index (χ4n) is 3.37. The van der Waals surface area contributed by atoms with Gasteiger partial charge in [-0.05, 0) is 56.0 Å². The van der Waals surface area contributed by atoms with Crippen LogP contribution in [0.1, 0.15) is 52.2 Å². The average molecular weight is 429 g/mol. The fraction of sp³-hybridized carbons (Fsp3) is 0.455. The van der Waals surface area contributed by atoms with Crippen molar-refractivity contribution in [3.8, 4) is 5.75 Å². The van der Waals surface area contributed by atoms with Crippen molar-refractivity contribution in [1.29, 1.82) is 0 Å². The van der Waals surface area contributed by atoms with Gasteiger partial charge < -0.3 is 10.1 Å². The summed E-state index contributed by atoms with van der Waals surface area (Å²) < 4.78 is 6.04. The highest BCUT2D eigenvalue weighted by Crippen LogP contribution is 2.30. The first-order valence-electron chi connectivity index (χ1n) is 9.06. The second-order valence-corrected chi connectivity index (χ2v) is 9.97. The Kier molecular flexibility index (Phi) is 7.49. The summed E-state index contributed by atoms with van der Waals surface area (Å²) in [5.41, 5.74) is 2.02. The Balaban J connectivity index is 2.13. The van der Waals surface area contributed by atoms with Crippen molar-refractivity contribution in [3.63, 3.8) is 0 Å². The first-order chi connectivity index (χ1) is 12.5. The molecule has 2 rings (SSSR count). The smallest absolute Gasteiger partial charge is 0.124 e. The van der Waals surface area contributed by atoms with Crippen LogP contribution < -0.4 is 10.1 Å². The molecule has 0 unspecified atom stereocenters. The molecular formula is C22H28Cl3NO. The maximum atomic E-state index is 6.25. The van der Waals surface area contributed by atoms with Crippen molar-refractivity contribution in [2.45, 2.75) is 59.7 Å². The highest BCUT2D eigenvalue weighted by Gasteiger charge is 2.25. The summed E-state index contributed by atoms with van der Waals surface area (Å²) in [6.07, 6.45) is 1.05. The van der Waals surface area contributed by atoms with E-state index in [9.17, 15) is 0 Å². The molecule has 0 aliphatic rings. The van der Waals surface area contributed by atoms with Gasteiger partial charge in [-0.2, -0.15) is 0 Å². The average Bonchev–Trinajstić information content (AvgIpc) is 2.52. The van der Waals surface area contributed by atoms with Crippen molar-refractivity contribution >= 4 is 34.8 Å². The van der Waals surface area contributed by atoms with Crippen LogP contribution in [0.25, 0.3) is 0 Å². The van der Waals surface area contributed by atoms with Gasteiger partial charge in [-0.15, -0.1) is 0 Å². The topological polar surface area (TPSA) is 21.3 Å². The predicted molar refractivity (Wildman–Crippen MR) is 117 cm³/mol. The Morgan fingerprint density at radius 3 is 2.15 bits per heavy atom. The largest absolute Gasteiger partial charge is 0.488 e. The van der Waals surface area contributed by atoms with E-state index < -0.39 is 0 Å². The summed E-state index contributed by atoms with van der Waals surface area (Å²) in [5, 5.41) is 5.51. The molecule has 27 heavy (non-hydrogen) atoms. The van der Waals surface area contributed by atoms with Crippen LogP contribution >= 0.6 is 34.8 Å². The zero-order valence-electron chi connectivity index (χ0n) is 16.6. The molecule has 0 aliphatic heterocycles. The minimum Gasteiger partial charge on any atom is -0.488 e. The van der Waals surface area contributed by atoms with Gasteiger partial charge in [0.25, 0.3) is 0 Å². The number of halogens is 3. The molecule has 0 spiro atoms. The summed E-state index contributed by atoms with van der Waals surface area (Å²) in [6.45, 7) is 12.1. The monoisotopic (exact) mass is 427 g/mol. The number of nitrogens with one attached hydrogen (secondary N) is 1. The van der Waals surface area contributed by atoms with Crippen molar-refractivity contribution < 1.29 is 4.74 Å². The van der Waals surface area contributed by atoms with E-state index in [1.54, 1.807) is 0 Å². The predicted octanol–water partition coefficient (Wildman–Crippen LogP) is 7.53. The molecule has 5 heteroatoms. The van der Waals surface area contributed by atoms with Crippen LogP contribution in [0.5, 0.6) is 5.75 Å². The Hall–Kier alpha value is -0.930. The van der Waals surface area contributed by atoms with Gasteiger partial charge in [-0.1, -0.05) is 61.6 Å². The standard InChI is InChI=1S/C22H28Cl3NO/c1-21(2,3)14-22(4,5)26-12-15-11-16(23)9-10-20(15)27-13-17-18(24)7-6-8-19(17)25/h6-11,26H,12-14H2,1-5H3. The molecule has 0 amide bonds. The molecule has 0 aromatic heterocycles. The maximum absolute atomic E-state index is 6.25. The van der Waals surface area contributed by atoms with Gasteiger partial charge in [0.15, 0.2) is 0 Å². The lowest BCUT2D eigenvalue weighted by molar-refractivity contribution is 0.238. The van der Waals surface area contributed by atoms with Gasteiger partial charge in [-0.3, -0.25) is 0 Å². The van der Waals surface area contributed by atoms with Gasteiger partial charge in [0.05, 0.1) is 0 Å². The molecule has 2 aromatic rings. The van der Waals surface area contributed by atoms with Crippen LogP contribution in [0, 0.1) is 5.41 Å². The molecule has 0 heterocycles. The molecule has 0 saturated heterocycles. The van der Waals surface area contributed by atoms with Crippen LogP contribution in [0.15, 0.2) is 36.4 Å². The van der Waals surface area contributed by atoms with Crippen LogP contribution in [-0.4, -0.2) is 5.54 Å². The summed E-state index contributed by atoms with van der Waals surface area (Å²) in [7, 11) is 0. The quantitative estimate of drug-likeness (QED) is 0.492. The molecule has 0 saturated carbocycles. The van der Waals surface area contributed by atoms with E-state index in [2.05, 4.69) is 39.9 Å². The zero-order valence-corrected chi connectivity index (χ0v) is 18.9. The third-order valence-electron chi connectivity index (χ3n) is 4.19. The molecule has 148 valence electrons. The number of hydrogen-bond acceptors (Lipinski definition) is 2. The first-order valence-corrected chi connectivity index (χ1v) is 10.2. The van der Waals surface area contributed by atoms with Crippen LogP contribution in [0.2, 0.25) is 15.1 Å². The highest BCUT2D eigenvalue weighted by molar-refractivity contribution is 6.36. The van der Waals surface area contributed by atoms with E-state index in [4.69, 9.17) is 39.5 Å². The number of hydrogen-bond donors (Lipinski definition) is 1. The third kappa shape index (κ3) is 7.19. The Morgan fingerprint density at radius 1 is 0.926 bits per heavy atom. The number of rotatable bonds is 7. The van der Waals surface area contributed by atoms with Gasteiger partial charge in [0.2, 0.25) is 0 Å². The molecule has 0 atom stereocenters. The number of ether oxygens (including phenoxy) is 1. The molecular weight excluding hydrogens is 401 g/mol. The van der Waals surface area contributed by atoms with Crippen molar-refractivity contribution in [3.05, 3.63) is 62.6 Å². The van der Waals surface area contributed by atoms with Crippen molar-refractivity contribution in [1.82, 2.24) is 5.32 Å². The minimum atomic E-state index is -0.0100. The lowest BCUT2D eigenvalue weighted by Gasteiger charge is -2.33. The second kappa shape index (κ2) is 9.05. The summed E-state index contributed by atoms with van der Waals surface area (Å²) in [4.78, 5) is 0. The van der Waals surface area contributed by atoms with Gasteiger partial charge in [-0.25, -0.2) is 0 Å². The van der Waals surface area contributed by atoms with E-state index in [0.29, 0.717) is 28.2 Å². The Bertz CT molecular complexity index is 761. The van der Waals surface area contributed by atoms with Crippen molar-refractivity contribution in [2.24, 2.45) is 5.41 Å². The van der Waals surface area contributed by atoms with E-state index >= 15 is 0 Å². The molecule has 2 nitrogen and oxygen atoms in total. The summed E-state index contributed by atoms with van der Waals surface area (Å²) in [5.74, 6) is 0.773.